The number of nitrogens with zero attached hydrogens (tertiary/aromatic N) is 3. The zero-order valence-corrected chi connectivity index (χ0v) is 13.3. The fourth-order valence-corrected chi connectivity index (χ4v) is 2.86. The minimum absolute atomic E-state index is 0.0491. The second-order valence-electron chi connectivity index (χ2n) is 5.55. The molecule has 1 fully saturated rings. The summed E-state index contributed by atoms with van der Waals surface area (Å²) in [5.74, 6) is 1.27. The maximum atomic E-state index is 12.5. The van der Waals surface area contributed by atoms with E-state index in [4.69, 9.17) is 9.26 Å². The normalized spacial score (nSPS) is 17.3. The van der Waals surface area contributed by atoms with Crippen LogP contribution in [0.2, 0.25) is 0 Å². The van der Waals surface area contributed by atoms with Crippen molar-refractivity contribution in [1.82, 2.24) is 20.4 Å². The Bertz CT molecular complexity index is 685. The number of rotatable bonds is 4. The number of methoxy groups -OCH3 is 1. The van der Waals surface area contributed by atoms with Crippen LogP contribution in [-0.2, 0) is 6.54 Å². The molecule has 2 aromatic heterocycles. The molecule has 1 aliphatic heterocycles. The Hall–Kier alpha value is -2.57. The number of likely N-dealkylation sites (tertiary alicyclic amines) is 1. The summed E-state index contributed by atoms with van der Waals surface area (Å²) in [7, 11) is 1.57. The Labute approximate surface area is 134 Å². The van der Waals surface area contributed by atoms with Gasteiger partial charge in [0, 0.05) is 30.9 Å². The Morgan fingerprint density at radius 2 is 2.43 bits per heavy atom. The van der Waals surface area contributed by atoms with Crippen molar-refractivity contribution < 1.29 is 14.1 Å². The monoisotopic (exact) mass is 316 g/mol. The lowest BCUT2D eigenvalue weighted by atomic mass is 10.1. The maximum absolute atomic E-state index is 12.5. The molecule has 1 saturated heterocycles. The molecule has 3 rings (SSSR count). The van der Waals surface area contributed by atoms with E-state index in [-0.39, 0.29) is 12.1 Å². The van der Waals surface area contributed by atoms with Gasteiger partial charge >= 0.3 is 6.03 Å². The smallest absolute Gasteiger partial charge is 0.318 e. The standard InChI is InChI=1S/C16H20N4O3/c1-11-9-14(23-19-11)13-6-4-8-20(13)16(21)18-10-12-5-3-7-17-15(12)22-2/h3,5,7,9,13H,4,6,8,10H2,1-2H3,(H,18,21). The van der Waals surface area contributed by atoms with Gasteiger partial charge in [0.25, 0.3) is 0 Å². The summed E-state index contributed by atoms with van der Waals surface area (Å²) >= 11 is 0. The van der Waals surface area contributed by atoms with Crippen molar-refractivity contribution in [2.45, 2.75) is 32.4 Å². The quantitative estimate of drug-likeness (QED) is 0.937. The van der Waals surface area contributed by atoms with Crippen molar-refractivity contribution in [3.05, 3.63) is 41.4 Å². The molecule has 1 atom stereocenters. The van der Waals surface area contributed by atoms with Crippen LogP contribution in [0.5, 0.6) is 5.88 Å². The lowest BCUT2D eigenvalue weighted by Gasteiger charge is -2.23. The Balaban J connectivity index is 1.65. The van der Waals surface area contributed by atoms with Gasteiger partial charge in [0.05, 0.1) is 18.8 Å². The molecule has 0 radical (unpaired) electrons. The number of nitrogens with one attached hydrogen (secondary N) is 1. The molecule has 0 bridgehead atoms. The van der Waals surface area contributed by atoms with E-state index in [2.05, 4.69) is 15.5 Å². The summed E-state index contributed by atoms with van der Waals surface area (Å²) in [5, 5.41) is 6.84. The second-order valence-corrected chi connectivity index (χ2v) is 5.55. The molecule has 1 N–H and O–H groups in total. The van der Waals surface area contributed by atoms with Crippen LogP contribution < -0.4 is 10.1 Å². The molecule has 0 spiro atoms. The number of urea groups is 1. The van der Waals surface area contributed by atoms with Crippen molar-refractivity contribution in [2.75, 3.05) is 13.7 Å². The molecule has 1 unspecified atom stereocenters. The highest BCUT2D eigenvalue weighted by Crippen LogP contribution is 2.32. The van der Waals surface area contributed by atoms with Crippen LogP contribution in [0.25, 0.3) is 0 Å². The summed E-state index contributed by atoms with van der Waals surface area (Å²) in [5.41, 5.74) is 1.67. The lowest BCUT2D eigenvalue weighted by Crippen LogP contribution is -2.39. The first-order valence-electron chi connectivity index (χ1n) is 7.64. The minimum atomic E-state index is -0.118. The number of aryl methyl sites for hydroxylation is 1. The third-order valence-electron chi connectivity index (χ3n) is 3.96. The van der Waals surface area contributed by atoms with Crippen LogP contribution in [0.1, 0.15) is 35.9 Å². The van der Waals surface area contributed by atoms with Gasteiger partial charge in [-0.05, 0) is 25.8 Å². The highest BCUT2D eigenvalue weighted by atomic mass is 16.5. The summed E-state index contributed by atoms with van der Waals surface area (Å²) < 4.78 is 10.5. The van der Waals surface area contributed by atoms with Crippen LogP contribution in [0, 0.1) is 6.92 Å². The van der Waals surface area contributed by atoms with E-state index in [9.17, 15) is 4.79 Å². The van der Waals surface area contributed by atoms with Crippen LogP contribution in [0.3, 0.4) is 0 Å². The van der Waals surface area contributed by atoms with E-state index in [1.54, 1.807) is 18.2 Å². The molecule has 122 valence electrons. The molecule has 23 heavy (non-hydrogen) atoms. The van der Waals surface area contributed by atoms with E-state index >= 15 is 0 Å². The van der Waals surface area contributed by atoms with Crippen LogP contribution in [-0.4, -0.2) is 34.7 Å². The van der Waals surface area contributed by atoms with E-state index in [0.717, 1.165) is 29.9 Å². The number of carbonyl (C=O) groups is 1. The number of pyridine rings is 1. The van der Waals surface area contributed by atoms with Gasteiger partial charge in [-0.15, -0.1) is 0 Å². The van der Waals surface area contributed by atoms with Gasteiger partial charge in [0.1, 0.15) is 0 Å². The summed E-state index contributed by atoms with van der Waals surface area (Å²) in [6.45, 7) is 2.95. The van der Waals surface area contributed by atoms with E-state index in [0.29, 0.717) is 19.0 Å². The van der Waals surface area contributed by atoms with Gasteiger partial charge in [0.15, 0.2) is 5.76 Å². The summed E-state index contributed by atoms with van der Waals surface area (Å²) in [6.07, 6.45) is 3.50. The lowest BCUT2D eigenvalue weighted by molar-refractivity contribution is 0.182. The van der Waals surface area contributed by atoms with Gasteiger partial charge in [0.2, 0.25) is 5.88 Å². The van der Waals surface area contributed by atoms with Gasteiger partial charge in [-0.3, -0.25) is 0 Å². The van der Waals surface area contributed by atoms with E-state index < -0.39 is 0 Å². The predicted octanol–water partition coefficient (Wildman–Crippen LogP) is 2.43. The highest BCUT2D eigenvalue weighted by Gasteiger charge is 2.32. The van der Waals surface area contributed by atoms with Crippen molar-refractivity contribution in [1.29, 1.82) is 0 Å². The average Bonchev–Trinajstić information content (AvgIpc) is 3.21. The average molecular weight is 316 g/mol. The van der Waals surface area contributed by atoms with Gasteiger partial charge in [-0.2, -0.15) is 0 Å². The molecule has 7 nitrogen and oxygen atoms in total. The maximum Gasteiger partial charge on any atom is 0.318 e. The topological polar surface area (TPSA) is 80.5 Å². The number of ether oxygens (including phenoxy) is 1. The Morgan fingerprint density at radius 3 is 3.17 bits per heavy atom. The first-order valence-corrected chi connectivity index (χ1v) is 7.64. The molecule has 2 aromatic rings. The van der Waals surface area contributed by atoms with Gasteiger partial charge in [-0.1, -0.05) is 11.2 Å². The third-order valence-corrected chi connectivity index (χ3v) is 3.96. The second kappa shape index (κ2) is 6.68. The van der Waals surface area contributed by atoms with Crippen molar-refractivity contribution >= 4 is 6.03 Å². The molecule has 1 aliphatic rings. The Morgan fingerprint density at radius 1 is 1.57 bits per heavy atom. The SMILES string of the molecule is COc1ncccc1CNC(=O)N1CCCC1c1cc(C)no1. The molecule has 0 saturated carbocycles. The van der Waals surface area contributed by atoms with Crippen LogP contribution >= 0.6 is 0 Å². The van der Waals surface area contributed by atoms with Crippen molar-refractivity contribution in [2.24, 2.45) is 0 Å². The van der Waals surface area contributed by atoms with Gasteiger partial charge in [-0.25, -0.2) is 9.78 Å². The molecular weight excluding hydrogens is 296 g/mol. The van der Waals surface area contributed by atoms with Crippen molar-refractivity contribution in [3.63, 3.8) is 0 Å². The third kappa shape index (κ3) is 3.28. The molecule has 2 amide bonds. The fraction of sp³-hybridized carbons (Fsp3) is 0.438. The zero-order chi connectivity index (χ0) is 16.2. The number of aromatic nitrogens is 2. The molecule has 3 heterocycles. The Kier molecular flexibility index (Phi) is 4.45. The number of amides is 2. The van der Waals surface area contributed by atoms with Crippen LogP contribution in [0.4, 0.5) is 4.79 Å². The van der Waals surface area contributed by atoms with Gasteiger partial charge < -0.3 is 19.5 Å². The highest BCUT2D eigenvalue weighted by molar-refractivity contribution is 5.75. The number of hydrogen-bond donors (Lipinski definition) is 1. The first-order chi connectivity index (χ1) is 11.2. The molecule has 0 aromatic carbocycles. The largest absolute Gasteiger partial charge is 0.481 e. The summed E-state index contributed by atoms with van der Waals surface area (Å²) in [6, 6.07) is 5.42. The zero-order valence-electron chi connectivity index (χ0n) is 13.3. The minimum Gasteiger partial charge on any atom is -0.481 e. The molecule has 7 heteroatoms. The molecular formula is C16H20N4O3. The fourth-order valence-electron chi connectivity index (χ4n) is 2.86. The van der Waals surface area contributed by atoms with Crippen molar-refractivity contribution in [3.8, 4) is 5.88 Å². The number of hydrogen-bond acceptors (Lipinski definition) is 5. The number of carbonyl (C=O) groups excluding carboxylic acids is 1. The molecule has 0 aliphatic carbocycles. The van der Waals surface area contributed by atoms with Crippen LogP contribution in [0.15, 0.2) is 28.9 Å². The van der Waals surface area contributed by atoms with E-state index in [1.165, 1.54) is 0 Å². The first kappa shape index (κ1) is 15.3. The summed E-state index contributed by atoms with van der Waals surface area (Å²) in [4.78, 5) is 18.4. The van der Waals surface area contributed by atoms with E-state index in [1.807, 2.05) is 25.1 Å². The predicted molar refractivity (Wildman–Crippen MR) is 82.9 cm³/mol.